The molecule has 1 amide bonds. The molecule has 1 atom stereocenters. The topological polar surface area (TPSA) is 88.1 Å². The maximum absolute atomic E-state index is 14.4. The lowest BCUT2D eigenvalue weighted by Crippen LogP contribution is -2.44. The van der Waals surface area contributed by atoms with E-state index < -0.39 is 29.5 Å². The normalized spacial score (nSPS) is 16.1. The Morgan fingerprint density at radius 2 is 2.00 bits per heavy atom. The van der Waals surface area contributed by atoms with Crippen molar-refractivity contribution >= 4 is 17.7 Å². The third-order valence-electron chi connectivity index (χ3n) is 3.79. The van der Waals surface area contributed by atoms with Crippen LogP contribution in [0.1, 0.15) is 26.3 Å². The fourth-order valence-corrected chi connectivity index (χ4v) is 2.62. The highest BCUT2D eigenvalue weighted by atomic mass is 19.1. The zero-order valence-electron chi connectivity index (χ0n) is 15.3. The number of hydrogen-bond donors (Lipinski definition) is 2. The minimum Gasteiger partial charge on any atom is -0.480 e. The van der Waals surface area contributed by atoms with E-state index in [1.165, 1.54) is 6.07 Å². The van der Waals surface area contributed by atoms with Crippen molar-refractivity contribution in [1.29, 1.82) is 0 Å². The number of nitrogens with one attached hydrogen (secondary N) is 1. The molecule has 26 heavy (non-hydrogen) atoms. The molecule has 1 aromatic rings. The molecule has 2 rings (SSSR count). The minimum absolute atomic E-state index is 0.0467. The standard InChI is InChI=1S/C18H25FN2O5/c1-18(2,3)26-17(24)20-14(16(22)23)11-12-4-5-15(13(19)10-12)21-6-8-25-9-7-21/h4-5,10,14H,6-9,11H2,1-3H3,(H,20,24)(H,22,23). The number of hydrogen-bond acceptors (Lipinski definition) is 5. The highest BCUT2D eigenvalue weighted by molar-refractivity contribution is 5.80. The molecule has 0 bridgehead atoms. The van der Waals surface area contributed by atoms with Gasteiger partial charge in [0.15, 0.2) is 0 Å². The van der Waals surface area contributed by atoms with E-state index in [-0.39, 0.29) is 6.42 Å². The number of amides is 1. The summed E-state index contributed by atoms with van der Waals surface area (Å²) < 4.78 is 24.8. The largest absolute Gasteiger partial charge is 0.480 e. The molecule has 144 valence electrons. The molecule has 0 spiro atoms. The summed E-state index contributed by atoms with van der Waals surface area (Å²) in [6.07, 6.45) is -0.871. The van der Waals surface area contributed by atoms with Crippen molar-refractivity contribution in [3.8, 4) is 0 Å². The van der Waals surface area contributed by atoms with Crippen LogP contribution in [0, 0.1) is 5.82 Å². The van der Waals surface area contributed by atoms with Crippen LogP contribution >= 0.6 is 0 Å². The van der Waals surface area contributed by atoms with Crippen LogP contribution in [0.5, 0.6) is 0 Å². The molecule has 8 heteroatoms. The van der Waals surface area contributed by atoms with Crippen molar-refractivity contribution in [3.05, 3.63) is 29.6 Å². The number of carboxylic acid groups (broad SMARTS) is 1. The number of ether oxygens (including phenoxy) is 2. The predicted molar refractivity (Wildman–Crippen MR) is 93.9 cm³/mol. The Labute approximate surface area is 152 Å². The first-order valence-electron chi connectivity index (χ1n) is 8.49. The van der Waals surface area contributed by atoms with Gasteiger partial charge >= 0.3 is 12.1 Å². The van der Waals surface area contributed by atoms with E-state index in [0.717, 1.165) is 0 Å². The molecule has 0 radical (unpaired) electrons. The van der Waals surface area contributed by atoms with E-state index in [1.807, 2.05) is 4.90 Å². The molecule has 1 aromatic carbocycles. The van der Waals surface area contributed by atoms with Crippen LogP contribution in [0.25, 0.3) is 0 Å². The zero-order valence-corrected chi connectivity index (χ0v) is 15.3. The molecule has 1 aliphatic heterocycles. The van der Waals surface area contributed by atoms with E-state index in [1.54, 1.807) is 32.9 Å². The number of benzene rings is 1. The molecule has 2 N–H and O–H groups in total. The third-order valence-corrected chi connectivity index (χ3v) is 3.79. The molecule has 1 unspecified atom stereocenters. The molecule has 0 aliphatic carbocycles. The van der Waals surface area contributed by atoms with Crippen LogP contribution in [0.3, 0.4) is 0 Å². The fourth-order valence-electron chi connectivity index (χ4n) is 2.62. The molecular weight excluding hydrogens is 343 g/mol. The van der Waals surface area contributed by atoms with E-state index in [2.05, 4.69) is 5.32 Å². The number of carbonyl (C=O) groups excluding carboxylic acids is 1. The summed E-state index contributed by atoms with van der Waals surface area (Å²) in [5.74, 6) is -1.64. The summed E-state index contributed by atoms with van der Waals surface area (Å²) in [5.41, 5.74) is 0.200. The SMILES string of the molecule is CC(C)(C)OC(=O)NC(Cc1ccc(N2CCOCC2)c(F)c1)C(=O)O. The minimum atomic E-state index is -1.21. The first kappa shape index (κ1) is 20.0. The Kier molecular flexibility index (Phi) is 6.42. The van der Waals surface area contributed by atoms with Gasteiger partial charge < -0.3 is 24.8 Å². The Hall–Kier alpha value is -2.35. The smallest absolute Gasteiger partial charge is 0.408 e. The van der Waals surface area contributed by atoms with Gasteiger partial charge in [-0.05, 0) is 38.5 Å². The van der Waals surface area contributed by atoms with Gasteiger partial charge in [0.2, 0.25) is 0 Å². The van der Waals surface area contributed by atoms with Crippen LogP contribution < -0.4 is 10.2 Å². The third kappa shape index (κ3) is 5.87. The maximum Gasteiger partial charge on any atom is 0.408 e. The highest BCUT2D eigenvalue weighted by Gasteiger charge is 2.25. The molecule has 1 saturated heterocycles. The predicted octanol–water partition coefficient (Wildman–Crippen LogP) is 2.18. The second-order valence-electron chi connectivity index (χ2n) is 7.13. The maximum atomic E-state index is 14.4. The van der Waals surface area contributed by atoms with Crippen molar-refractivity contribution in [1.82, 2.24) is 5.32 Å². The van der Waals surface area contributed by atoms with Gasteiger partial charge in [-0.1, -0.05) is 6.07 Å². The summed E-state index contributed by atoms with van der Waals surface area (Å²) in [5, 5.41) is 11.6. The summed E-state index contributed by atoms with van der Waals surface area (Å²) in [6.45, 7) is 7.35. The molecule has 0 aromatic heterocycles. The number of morpholine rings is 1. The lowest BCUT2D eigenvalue weighted by atomic mass is 10.0. The van der Waals surface area contributed by atoms with Gasteiger partial charge in [0.25, 0.3) is 0 Å². The lowest BCUT2D eigenvalue weighted by molar-refractivity contribution is -0.139. The van der Waals surface area contributed by atoms with Crippen LogP contribution in [0.2, 0.25) is 0 Å². The molecule has 1 aliphatic rings. The fraction of sp³-hybridized carbons (Fsp3) is 0.556. The number of halogens is 1. The average Bonchev–Trinajstić information content (AvgIpc) is 2.53. The Morgan fingerprint density at radius 1 is 1.35 bits per heavy atom. The lowest BCUT2D eigenvalue weighted by Gasteiger charge is -2.29. The number of aliphatic carboxylic acids is 1. The Morgan fingerprint density at radius 3 is 2.54 bits per heavy atom. The van der Waals surface area contributed by atoms with E-state index in [0.29, 0.717) is 37.6 Å². The van der Waals surface area contributed by atoms with Gasteiger partial charge in [-0.25, -0.2) is 14.0 Å². The summed E-state index contributed by atoms with van der Waals surface area (Å²) >= 11 is 0. The van der Waals surface area contributed by atoms with Crippen molar-refractivity contribution in [2.75, 3.05) is 31.2 Å². The van der Waals surface area contributed by atoms with Crippen molar-refractivity contribution in [2.45, 2.75) is 38.8 Å². The van der Waals surface area contributed by atoms with Gasteiger partial charge in [0, 0.05) is 19.5 Å². The van der Waals surface area contributed by atoms with Crippen molar-refractivity contribution in [2.24, 2.45) is 0 Å². The number of alkyl carbamates (subject to hydrolysis) is 1. The van der Waals surface area contributed by atoms with Gasteiger partial charge in [0.05, 0.1) is 18.9 Å². The van der Waals surface area contributed by atoms with Crippen molar-refractivity contribution in [3.63, 3.8) is 0 Å². The van der Waals surface area contributed by atoms with Crippen LogP contribution in [-0.4, -0.2) is 55.1 Å². The number of rotatable bonds is 5. The highest BCUT2D eigenvalue weighted by Crippen LogP contribution is 2.22. The van der Waals surface area contributed by atoms with Gasteiger partial charge in [-0.15, -0.1) is 0 Å². The Bertz CT molecular complexity index is 653. The monoisotopic (exact) mass is 368 g/mol. The van der Waals surface area contributed by atoms with E-state index >= 15 is 0 Å². The summed E-state index contributed by atoms with van der Waals surface area (Å²) in [7, 11) is 0. The number of nitrogens with zero attached hydrogens (tertiary/aromatic N) is 1. The van der Waals surface area contributed by atoms with E-state index in [9.17, 15) is 19.1 Å². The quantitative estimate of drug-likeness (QED) is 0.828. The van der Waals surface area contributed by atoms with Crippen LogP contribution in [0.4, 0.5) is 14.9 Å². The number of carboxylic acids is 1. The van der Waals surface area contributed by atoms with Gasteiger partial charge in [-0.3, -0.25) is 0 Å². The first-order chi connectivity index (χ1) is 12.2. The molecule has 7 nitrogen and oxygen atoms in total. The second-order valence-corrected chi connectivity index (χ2v) is 7.13. The average molecular weight is 368 g/mol. The Balaban J connectivity index is 2.05. The number of carbonyl (C=O) groups is 2. The van der Waals surface area contributed by atoms with Gasteiger partial charge in [-0.2, -0.15) is 0 Å². The van der Waals surface area contributed by atoms with E-state index in [4.69, 9.17) is 9.47 Å². The van der Waals surface area contributed by atoms with Crippen molar-refractivity contribution < 1.29 is 28.6 Å². The van der Waals surface area contributed by atoms with Crippen LogP contribution in [-0.2, 0) is 20.7 Å². The molecule has 1 fully saturated rings. The van der Waals surface area contributed by atoms with Gasteiger partial charge in [0.1, 0.15) is 17.5 Å². The molecule has 1 heterocycles. The molecule has 0 saturated carbocycles. The number of anilines is 1. The van der Waals surface area contributed by atoms with Crippen LogP contribution in [0.15, 0.2) is 18.2 Å². The summed E-state index contributed by atoms with van der Waals surface area (Å²) in [4.78, 5) is 25.1. The summed E-state index contributed by atoms with van der Waals surface area (Å²) in [6, 6.07) is 3.39. The second kappa shape index (κ2) is 8.35. The molecular formula is C18H25FN2O5. The first-order valence-corrected chi connectivity index (χ1v) is 8.49. The zero-order chi connectivity index (χ0) is 19.3.